The summed E-state index contributed by atoms with van der Waals surface area (Å²) in [6.45, 7) is 1.33. The van der Waals surface area contributed by atoms with Gasteiger partial charge in [0.1, 0.15) is 17.1 Å². The van der Waals surface area contributed by atoms with Gasteiger partial charge < -0.3 is 20.6 Å². The molecule has 0 aromatic carbocycles. The number of carbonyl (C=O) groups is 4. The van der Waals surface area contributed by atoms with Crippen LogP contribution in [-0.4, -0.2) is 108 Å². The van der Waals surface area contributed by atoms with Crippen molar-refractivity contribution >= 4 is 64.2 Å². The molecular formula is C19H23N9O5S3. The number of anilines is 1. The lowest BCUT2D eigenvalue weighted by Gasteiger charge is -2.49. The molecule has 36 heavy (non-hydrogen) atoms. The van der Waals surface area contributed by atoms with E-state index in [-0.39, 0.29) is 12.1 Å². The molecule has 1 saturated heterocycles. The van der Waals surface area contributed by atoms with E-state index in [9.17, 15) is 24.3 Å². The normalized spacial score (nSPS) is 19.2. The molecule has 4 rings (SSSR count). The third-order valence-corrected chi connectivity index (χ3v) is 8.48. The average Bonchev–Trinajstić information content (AvgIpc) is 3.48. The predicted molar refractivity (Wildman–Crippen MR) is 132 cm³/mol. The number of carboxylic acid groups (broad SMARTS) is 1. The van der Waals surface area contributed by atoms with Crippen LogP contribution in [0.2, 0.25) is 0 Å². The van der Waals surface area contributed by atoms with Gasteiger partial charge in [-0.25, -0.2) is 14.5 Å². The summed E-state index contributed by atoms with van der Waals surface area (Å²) in [6.07, 6.45) is 0.433. The van der Waals surface area contributed by atoms with E-state index in [1.54, 1.807) is 10.1 Å². The van der Waals surface area contributed by atoms with Gasteiger partial charge in [-0.15, -0.1) is 28.2 Å². The molecule has 3 amide bonds. The van der Waals surface area contributed by atoms with E-state index in [2.05, 4.69) is 31.1 Å². The topological polar surface area (TPSA) is 176 Å². The number of nitrogens with one attached hydrogen (secondary N) is 2. The van der Waals surface area contributed by atoms with Crippen molar-refractivity contribution in [2.45, 2.75) is 29.5 Å². The summed E-state index contributed by atoms with van der Waals surface area (Å²) in [4.78, 5) is 55.3. The summed E-state index contributed by atoms with van der Waals surface area (Å²) < 4.78 is 1.66. The lowest BCUT2D eigenvalue weighted by atomic mass is 10.1. The third kappa shape index (κ3) is 5.69. The van der Waals surface area contributed by atoms with Crippen molar-refractivity contribution in [3.8, 4) is 0 Å². The van der Waals surface area contributed by atoms with Crippen LogP contribution in [-0.2, 0) is 32.1 Å². The zero-order chi connectivity index (χ0) is 25.8. The number of fused-ring (bicyclic) bond motifs is 1. The molecule has 17 heteroatoms. The molecule has 0 aliphatic carbocycles. The highest BCUT2D eigenvalue weighted by molar-refractivity contribution is 8.01. The molecule has 192 valence electrons. The van der Waals surface area contributed by atoms with Gasteiger partial charge in [-0.3, -0.25) is 19.3 Å². The summed E-state index contributed by atoms with van der Waals surface area (Å²) >= 11 is 3.89. The van der Waals surface area contributed by atoms with Gasteiger partial charge in [0.25, 0.3) is 5.91 Å². The molecule has 3 N–H and O–H groups in total. The SMILES string of the molecule is CN(C)CCn1nnnc1SCC1=C([13C](=O)O)[15N]2C(=O)[C@@H]([15NH]C(=O)Cc3csc(NC=O)n3)[C@H]2SC1. The van der Waals surface area contributed by atoms with Crippen molar-refractivity contribution in [1.82, 2.24) is 40.3 Å². The number of thioether (sulfide) groups is 2. The van der Waals surface area contributed by atoms with Gasteiger partial charge >= 0.3 is 5.97 Å². The van der Waals surface area contributed by atoms with Crippen molar-refractivity contribution in [3.63, 3.8) is 0 Å². The van der Waals surface area contributed by atoms with Gasteiger partial charge in [-0.2, -0.15) is 0 Å². The first-order valence-corrected chi connectivity index (χ1v) is 13.6. The van der Waals surface area contributed by atoms with Gasteiger partial charge in [-0.1, -0.05) is 11.8 Å². The van der Waals surface area contributed by atoms with E-state index in [0.29, 0.717) is 46.0 Å². The highest BCUT2D eigenvalue weighted by atomic mass is 32.2. The van der Waals surface area contributed by atoms with E-state index in [1.165, 1.54) is 39.8 Å². The van der Waals surface area contributed by atoms with E-state index < -0.39 is 29.2 Å². The Morgan fingerprint density at radius 1 is 1.39 bits per heavy atom. The number of rotatable bonds is 12. The van der Waals surface area contributed by atoms with Crippen molar-refractivity contribution in [1.29, 1.82) is 0 Å². The Morgan fingerprint density at radius 2 is 2.19 bits per heavy atom. The Kier molecular flexibility index (Phi) is 8.22. The van der Waals surface area contributed by atoms with Crippen LogP contribution in [0.3, 0.4) is 0 Å². The second kappa shape index (κ2) is 11.4. The number of hydrogen-bond acceptors (Lipinski definition) is 12. The summed E-state index contributed by atoms with van der Waals surface area (Å²) in [7, 11) is 3.89. The Bertz CT molecular complexity index is 1200. The minimum Gasteiger partial charge on any atom is -0.477 e. The zero-order valence-corrected chi connectivity index (χ0v) is 21.7. The van der Waals surface area contributed by atoms with Crippen LogP contribution >= 0.6 is 34.9 Å². The fraction of sp³-hybridized carbons (Fsp3) is 0.474. The number of aliphatic carboxylic acids is 1. The molecule has 2 aromatic rings. The van der Waals surface area contributed by atoms with Crippen LogP contribution in [0.5, 0.6) is 0 Å². The van der Waals surface area contributed by atoms with Crippen molar-refractivity contribution in [2.75, 3.05) is 37.5 Å². The molecule has 2 atom stereocenters. The standard InChI is InChI=1S/C19H23N9O5S3/c1-26(2)3-4-27-19(23-24-25-27)36-7-10-6-34-16-13(15(31)28(16)14(10)17(32)33)22-12(30)5-11-8-35-18(21-11)20-9-29/h8-9,13,16H,3-7H2,1-2H3,(H,22,30)(H,32,33)(H,20,21,29)/t13-,16-/m1/s1/i17+1,22+1,28+1. The number of thiazole rings is 1. The lowest BCUT2D eigenvalue weighted by Crippen LogP contribution is -2.70. The molecule has 2 aliphatic rings. The summed E-state index contributed by atoms with van der Waals surface area (Å²) in [6, 6.07) is -0.824. The maximum atomic E-state index is 12.9. The molecule has 14 nitrogen and oxygen atoms in total. The van der Waals surface area contributed by atoms with Crippen LogP contribution in [0.1, 0.15) is 5.69 Å². The summed E-state index contributed by atoms with van der Waals surface area (Å²) in [5.41, 5.74) is 0.991. The largest absolute Gasteiger partial charge is 0.477 e. The van der Waals surface area contributed by atoms with Crippen LogP contribution in [0.25, 0.3) is 0 Å². The number of hydrogen-bond donors (Lipinski definition) is 3. The molecule has 0 bridgehead atoms. The minimum absolute atomic E-state index is 0.0573. The monoisotopic (exact) mass is 556 g/mol. The first kappa shape index (κ1) is 26.1. The van der Waals surface area contributed by atoms with Crippen molar-refractivity contribution in [2.24, 2.45) is 0 Å². The van der Waals surface area contributed by atoms with Crippen molar-refractivity contribution in [3.05, 3.63) is 22.3 Å². The van der Waals surface area contributed by atoms with Gasteiger partial charge in [0, 0.05) is 23.4 Å². The van der Waals surface area contributed by atoms with Crippen LogP contribution in [0, 0.1) is 0 Å². The maximum Gasteiger partial charge on any atom is 0.352 e. The number of nitrogens with zero attached hydrogens (tertiary/aromatic N) is 7. The van der Waals surface area contributed by atoms with Gasteiger partial charge in [-0.05, 0) is 30.1 Å². The smallest absolute Gasteiger partial charge is 0.352 e. The van der Waals surface area contributed by atoms with E-state index >= 15 is 0 Å². The second-order valence-electron chi connectivity index (χ2n) is 8.07. The summed E-state index contributed by atoms with van der Waals surface area (Å²) in [5, 5.41) is 28.7. The number of tetrazole rings is 1. The fourth-order valence-corrected chi connectivity index (χ4v) is 6.63. The molecule has 0 spiro atoms. The fourth-order valence-electron chi connectivity index (χ4n) is 3.57. The van der Waals surface area contributed by atoms with Crippen molar-refractivity contribution < 1.29 is 24.3 Å². The Balaban J connectivity index is 1.39. The highest BCUT2D eigenvalue weighted by Crippen LogP contribution is 2.41. The molecule has 1 fully saturated rings. The molecule has 0 saturated carbocycles. The van der Waals surface area contributed by atoms with Crippen LogP contribution in [0.4, 0.5) is 5.13 Å². The molecule has 0 radical (unpaired) electrons. The number of carboxylic acids is 1. The Hall–Kier alpha value is -3.02. The zero-order valence-electron chi connectivity index (χ0n) is 19.3. The second-order valence-corrected chi connectivity index (χ2v) is 11.0. The highest BCUT2D eigenvalue weighted by Gasteiger charge is 2.54. The maximum absolute atomic E-state index is 12.9. The Morgan fingerprint density at radius 3 is 2.92 bits per heavy atom. The van der Waals surface area contributed by atoms with Crippen LogP contribution in [0.15, 0.2) is 21.8 Å². The number of aromatic nitrogens is 5. The Labute approximate surface area is 217 Å². The lowest BCUT2D eigenvalue weighted by molar-refractivity contribution is -0.150. The van der Waals surface area contributed by atoms with E-state index in [1.807, 2.05) is 19.0 Å². The van der Waals surface area contributed by atoms with Gasteiger partial charge in [0.05, 0.1) is 18.7 Å². The number of β-lactam (4-membered cyclic amide) rings is 1. The molecule has 4 heterocycles. The number of amides is 3. The average molecular weight is 557 g/mol. The molecule has 2 aromatic heterocycles. The number of carbonyl (C=O) groups excluding carboxylic acids is 3. The third-order valence-electron chi connectivity index (χ3n) is 5.28. The first-order chi connectivity index (χ1) is 17.3. The number of likely N-dealkylation sites (N-methyl/N-ethyl adjacent to an activating group) is 1. The van der Waals surface area contributed by atoms with E-state index in [0.717, 1.165) is 6.54 Å². The van der Waals surface area contributed by atoms with E-state index in [4.69, 9.17) is 0 Å². The predicted octanol–water partition coefficient (Wildman–Crippen LogP) is -0.667. The quantitative estimate of drug-likeness (QED) is 0.0990. The van der Waals surface area contributed by atoms with Crippen LogP contribution < -0.4 is 10.6 Å². The first-order valence-electron chi connectivity index (χ1n) is 10.7. The van der Waals surface area contributed by atoms with Gasteiger partial charge in [0.2, 0.25) is 17.5 Å². The molecular weight excluding hydrogens is 533 g/mol. The van der Waals surface area contributed by atoms with Gasteiger partial charge in [0.15, 0.2) is 5.13 Å². The summed E-state index contributed by atoms with van der Waals surface area (Å²) in [5.74, 6) is -1.38. The molecule has 2 aliphatic heterocycles. The molecule has 0 unspecified atom stereocenters. The minimum atomic E-state index is -1.20.